The summed E-state index contributed by atoms with van der Waals surface area (Å²) in [6.45, 7) is 0. The van der Waals surface area contributed by atoms with Crippen LogP contribution in [0.4, 0.5) is 15.8 Å². The molecule has 0 radical (unpaired) electrons. The maximum Gasteiger partial charge on any atom is 0.360 e. The zero-order chi connectivity index (χ0) is 10.9. The summed E-state index contributed by atoms with van der Waals surface area (Å²) in [6, 6.07) is 1.30. The van der Waals surface area contributed by atoms with Gasteiger partial charge in [0.15, 0.2) is 0 Å². The largest absolute Gasteiger partial charge is 0.360 e. The van der Waals surface area contributed by atoms with Crippen molar-refractivity contribution in [2.45, 2.75) is 0 Å². The van der Waals surface area contributed by atoms with E-state index >= 15 is 0 Å². The molecule has 0 N–H and O–H groups in total. The van der Waals surface area contributed by atoms with E-state index in [1.54, 1.807) is 0 Å². The van der Waals surface area contributed by atoms with Gasteiger partial charge < -0.3 is 0 Å². The first-order valence-electron chi connectivity index (χ1n) is 3.21. The molecular weight excluding hydrogens is 263 g/mol. The first kappa shape index (κ1) is 10.5. The quantitative estimate of drug-likeness (QED) is 0.606. The summed E-state index contributed by atoms with van der Waals surface area (Å²) in [5.74, 6) is -0.908. The highest BCUT2D eigenvalue weighted by molar-refractivity contribution is 9.10. The predicted octanol–water partition coefficient (Wildman–Crippen LogP) is 2.40. The van der Waals surface area contributed by atoms with E-state index in [1.807, 2.05) is 0 Å². The highest BCUT2D eigenvalue weighted by Gasteiger charge is 2.28. The molecule has 1 aromatic carbocycles. The molecule has 0 saturated heterocycles. The second kappa shape index (κ2) is 3.66. The molecule has 0 amide bonds. The van der Waals surface area contributed by atoms with E-state index in [0.717, 1.165) is 6.07 Å². The number of hydrogen-bond acceptors (Lipinski definition) is 4. The van der Waals surface area contributed by atoms with E-state index in [9.17, 15) is 24.6 Å². The molecule has 74 valence electrons. The van der Waals surface area contributed by atoms with Crippen molar-refractivity contribution in [1.29, 1.82) is 0 Å². The van der Waals surface area contributed by atoms with Gasteiger partial charge in [-0.25, -0.2) is 4.39 Å². The van der Waals surface area contributed by atoms with E-state index in [2.05, 4.69) is 15.9 Å². The van der Waals surface area contributed by atoms with Crippen LogP contribution >= 0.6 is 15.9 Å². The van der Waals surface area contributed by atoms with E-state index in [1.165, 1.54) is 0 Å². The molecule has 0 unspecified atom stereocenters. The van der Waals surface area contributed by atoms with Crippen LogP contribution in [0.15, 0.2) is 16.6 Å². The molecule has 6 nitrogen and oxygen atoms in total. The smallest absolute Gasteiger partial charge is 0.258 e. The van der Waals surface area contributed by atoms with Crippen LogP contribution in [0.25, 0.3) is 0 Å². The van der Waals surface area contributed by atoms with Crippen LogP contribution in [-0.2, 0) is 0 Å². The molecule has 1 rings (SSSR count). The number of nitro benzene ring substituents is 2. The summed E-state index contributed by atoms with van der Waals surface area (Å²) in [5.41, 5.74) is -1.63. The molecule has 0 heterocycles. The number of nitro groups is 2. The standard InChI is InChI=1S/C6H2BrFN2O4/c7-4-1-3(8)2-5(9(11)12)6(4)10(13)14/h1-2H. The van der Waals surface area contributed by atoms with Crippen LogP contribution in [0, 0.1) is 26.0 Å². The third-order valence-electron chi connectivity index (χ3n) is 1.39. The first-order chi connectivity index (χ1) is 6.43. The Bertz CT molecular complexity index is 423. The van der Waals surface area contributed by atoms with Gasteiger partial charge in [-0.2, -0.15) is 0 Å². The number of hydrogen-bond donors (Lipinski definition) is 0. The zero-order valence-electron chi connectivity index (χ0n) is 6.44. The average Bonchev–Trinajstić information content (AvgIpc) is 2.01. The highest BCUT2D eigenvalue weighted by Crippen LogP contribution is 2.35. The fraction of sp³-hybridized carbons (Fsp3) is 0. The minimum Gasteiger partial charge on any atom is -0.258 e. The molecule has 0 spiro atoms. The lowest BCUT2D eigenvalue weighted by Crippen LogP contribution is -1.98. The molecular formula is C6H2BrFN2O4. The molecule has 0 aliphatic carbocycles. The molecule has 0 aromatic heterocycles. The monoisotopic (exact) mass is 264 g/mol. The Morgan fingerprint density at radius 1 is 1.21 bits per heavy atom. The second-order valence-electron chi connectivity index (χ2n) is 2.27. The summed E-state index contributed by atoms with van der Waals surface area (Å²) in [4.78, 5) is 18.8. The van der Waals surface area contributed by atoms with E-state index < -0.39 is 27.0 Å². The van der Waals surface area contributed by atoms with Gasteiger partial charge in [-0.3, -0.25) is 20.2 Å². The van der Waals surface area contributed by atoms with Crippen molar-refractivity contribution in [2.24, 2.45) is 0 Å². The topological polar surface area (TPSA) is 86.3 Å². The lowest BCUT2D eigenvalue weighted by molar-refractivity contribution is -0.423. The maximum absolute atomic E-state index is 12.7. The second-order valence-corrected chi connectivity index (χ2v) is 3.12. The average molecular weight is 265 g/mol. The molecule has 0 aliphatic rings. The van der Waals surface area contributed by atoms with Crippen molar-refractivity contribution in [2.75, 3.05) is 0 Å². The first-order valence-corrected chi connectivity index (χ1v) is 4.00. The summed E-state index contributed by atoms with van der Waals surface area (Å²) in [7, 11) is 0. The van der Waals surface area contributed by atoms with Crippen molar-refractivity contribution >= 4 is 27.3 Å². The number of nitrogens with zero attached hydrogens (tertiary/aromatic N) is 2. The lowest BCUT2D eigenvalue weighted by Gasteiger charge is -1.97. The van der Waals surface area contributed by atoms with Gasteiger partial charge in [0.2, 0.25) is 0 Å². The van der Waals surface area contributed by atoms with Crippen LogP contribution in [0.3, 0.4) is 0 Å². The predicted molar refractivity (Wildman–Crippen MR) is 47.4 cm³/mol. The Morgan fingerprint density at radius 2 is 1.79 bits per heavy atom. The van der Waals surface area contributed by atoms with Crippen molar-refractivity contribution in [3.8, 4) is 0 Å². The number of benzene rings is 1. The SMILES string of the molecule is O=[N+]([O-])c1cc(F)cc(Br)c1[N+](=O)[O-]. The third kappa shape index (κ3) is 1.84. The van der Waals surface area contributed by atoms with Gasteiger partial charge in [0, 0.05) is 0 Å². The van der Waals surface area contributed by atoms with Gasteiger partial charge >= 0.3 is 11.4 Å². The Hall–Kier alpha value is -1.57. The molecule has 14 heavy (non-hydrogen) atoms. The fourth-order valence-corrected chi connectivity index (χ4v) is 1.44. The normalized spacial score (nSPS) is 9.86. The summed E-state index contributed by atoms with van der Waals surface area (Å²) < 4.78 is 12.4. The van der Waals surface area contributed by atoms with E-state index in [0.29, 0.717) is 6.07 Å². The Labute approximate surface area is 84.8 Å². The van der Waals surface area contributed by atoms with Crippen LogP contribution in [0.2, 0.25) is 0 Å². The van der Waals surface area contributed by atoms with Crippen LogP contribution in [0.1, 0.15) is 0 Å². The zero-order valence-corrected chi connectivity index (χ0v) is 8.02. The van der Waals surface area contributed by atoms with Crippen molar-refractivity contribution in [3.05, 3.63) is 42.7 Å². The van der Waals surface area contributed by atoms with Gasteiger partial charge in [0.1, 0.15) is 10.3 Å². The summed E-state index contributed by atoms with van der Waals surface area (Å²) >= 11 is 2.68. The van der Waals surface area contributed by atoms with Gasteiger partial charge in [0.25, 0.3) is 0 Å². The molecule has 0 atom stereocenters. The summed E-state index contributed by atoms with van der Waals surface area (Å²) in [5, 5.41) is 20.8. The summed E-state index contributed by atoms with van der Waals surface area (Å²) in [6.07, 6.45) is 0. The third-order valence-corrected chi connectivity index (χ3v) is 1.99. The molecule has 0 fully saturated rings. The minimum atomic E-state index is -1.01. The van der Waals surface area contributed by atoms with E-state index in [-0.39, 0.29) is 4.47 Å². The maximum atomic E-state index is 12.7. The Kier molecular flexibility index (Phi) is 2.75. The van der Waals surface area contributed by atoms with Gasteiger partial charge in [-0.05, 0) is 22.0 Å². The lowest BCUT2D eigenvalue weighted by atomic mass is 10.2. The number of halogens is 2. The molecule has 1 aromatic rings. The van der Waals surface area contributed by atoms with Crippen molar-refractivity contribution < 1.29 is 14.2 Å². The fourth-order valence-electron chi connectivity index (χ4n) is 0.872. The van der Waals surface area contributed by atoms with Gasteiger partial charge in [0.05, 0.1) is 15.9 Å². The minimum absolute atomic E-state index is 0.255. The van der Waals surface area contributed by atoms with Gasteiger partial charge in [-0.1, -0.05) is 0 Å². The van der Waals surface area contributed by atoms with Gasteiger partial charge in [-0.15, -0.1) is 0 Å². The van der Waals surface area contributed by atoms with Crippen LogP contribution < -0.4 is 0 Å². The molecule has 0 saturated carbocycles. The molecule has 8 heteroatoms. The van der Waals surface area contributed by atoms with Crippen LogP contribution in [0.5, 0.6) is 0 Å². The Morgan fingerprint density at radius 3 is 2.21 bits per heavy atom. The van der Waals surface area contributed by atoms with Crippen molar-refractivity contribution in [1.82, 2.24) is 0 Å². The van der Waals surface area contributed by atoms with Crippen LogP contribution in [-0.4, -0.2) is 9.85 Å². The van der Waals surface area contributed by atoms with Crippen molar-refractivity contribution in [3.63, 3.8) is 0 Å². The van der Waals surface area contributed by atoms with E-state index in [4.69, 9.17) is 0 Å². The highest BCUT2D eigenvalue weighted by atomic mass is 79.9. The molecule has 0 aliphatic heterocycles. The number of rotatable bonds is 2. The Balaban J connectivity index is 3.52. The molecule has 0 bridgehead atoms.